The minimum Gasteiger partial charge on any atom is -0.497 e. The van der Waals surface area contributed by atoms with Crippen LogP contribution in [0.4, 0.5) is 5.82 Å². The molecule has 0 saturated heterocycles. The number of rotatable bonds is 7. The molecule has 1 N–H and O–H groups in total. The lowest BCUT2D eigenvalue weighted by atomic mass is 10.3. The molecule has 130 valence electrons. The van der Waals surface area contributed by atoms with Crippen molar-refractivity contribution in [3.63, 3.8) is 0 Å². The third kappa shape index (κ3) is 4.12. The molecule has 0 aliphatic heterocycles. The second-order valence-corrected chi connectivity index (χ2v) is 6.80. The normalized spacial score (nSPS) is 11.2. The fourth-order valence-electron chi connectivity index (χ4n) is 1.96. The molecule has 0 bridgehead atoms. The first-order valence-corrected chi connectivity index (χ1v) is 8.56. The molecule has 2 rings (SSSR count). The summed E-state index contributed by atoms with van der Waals surface area (Å²) in [7, 11) is 2.80. The van der Waals surface area contributed by atoms with Gasteiger partial charge in [-0.15, -0.1) is 0 Å². The zero-order chi connectivity index (χ0) is 17.7. The third-order valence-corrected chi connectivity index (χ3v) is 4.67. The van der Waals surface area contributed by atoms with Crippen LogP contribution in [0, 0.1) is 0 Å². The number of nitrogens with zero attached hydrogens (tertiary/aromatic N) is 3. The first-order chi connectivity index (χ1) is 11.4. The van der Waals surface area contributed by atoms with E-state index in [-0.39, 0.29) is 17.2 Å². The quantitative estimate of drug-likeness (QED) is 0.795. The standard InChI is InChI=1S/C15H20N4O4S/c1-19(2)15-7-8-16-14(18-15)10-17-24(20,21)13-6-5-11(22-3)9-12(13)23-4/h5-9,17H,10H2,1-4H3. The van der Waals surface area contributed by atoms with Crippen LogP contribution >= 0.6 is 0 Å². The molecule has 0 aliphatic rings. The zero-order valence-corrected chi connectivity index (χ0v) is 14.8. The van der Waals surface area contributed by atoms with Gasteiger partial charge in [-0.25, -0.2) is 23.1 Å². The Morgan fingerprint density at radius 3 is 2.54 bits per heavy atom. The van der Waals surface area contributed by atoms with E-state index in [1.165, 1.54) is 26.4 Å². The van der Waals surface area contributed by atoms with E-state index >= 15 is 0 Å². The van der Waals surface area contributed by atoms with Gasteiger partial charge >= 0.3 is 0 Å². The van der Waals surface area contributed by atoms with E-state index in [0.29, 0.717) is 17.4 Å². The molecule has 2 aromatic rings. The highest BCUT2D eigenvalue weighted by Gasteiger charge is 2.20. The number of ether oxygens (including phenoxy) is 2. The van der Waals surface area contributed by atoms with Crippen LogP contribution in [0.25, 0.3) is 0 Å². The Kier molecular flexibility index (Phi) is 5.58. The molecule has 0 spiro atoms. The Labute approximate surface area is 141 Å². The first kappa shape index (κ1) is 18.0. The number of sulfonamides is 1. The van der Waals surface area contributed by atoms with Crippen LogP contribution in [0.15, 0.2) is 35.4 Å². The summed E-state index contributed by atoms with van der Waals surface area (Å²) in [5, 5.41) is 0. The van der Waals surface area contributed by atoms with Crippen molar-refractivity contribution in [1.82, 2.24) is 14.7 Å². The summed E-state index contributed by atoms with van der Waals surface area (Å²) < 4.78 is 37.7. The summed E-state index contributed by atoms with van der Waals surface area (Å²) in [5.41, 5.74) is 0. The number of methoxy groups -OCH3 is 2. The Hall–Kier alpha value is -2.39. The van der Waals surface area contributed by atoms with Gasteiger partial charge in [0.25, 0.3) is 0 Å². The minimum atomic E-state index is -3.78. The van der Waals surface area contributed by atoms with Crippen LogP contribution in [-0.2, 0) is 16.6 Å². The van der Waals surface area contributed by atoms with E-state index in [9.17, 15) is 8.42 Å². The molecule has 0 fully saturated rings. The van der Waals surface area contributed by atoms with Crippen molar-refractivity contribution in [2.45, 2.75) is 11.4 Å². The molecular weight excluding hydrogens is 332 g/mol. The van der Waals surface area contributed by atoms with Crippen molar-refractivity contribution in [1.29, 1.82) is 0 Å². The van der Waals surface area contributed by atoms with E-state index < -0.39 is 10.0 Å². The summed E-state index contributed by atoms with van der Waals surface area (Å²) in [4.78, 5) is 10.2. The molecule has 0 aliphatic carbocycles. The lowest BCUT2D eigenvalue weighted by Crippen LogP contribution is -2.25. The number of anilines is 1. The largest absolute Gasteiger partial charge is 0.497 e. The van der Waals surface area contributed by atoms with Gasteiger partial charge in [0.2, 0.25) is 10.0 Å². The molecule has 0 atom stereocenters. The zero-order valence-electron chi connectivity index (χ0n) is 14.0. The predicted molar refractivity (Wildman–Crippen MR) is 89.9 cm³/mol. The summed E-state index contributed by atoms with van der Waals surface area (Å²) in [5.74, 6) is 1.77. The van der Waals surface area contributed by atoms with Gasteiger partial charge < -0.3 is 14.4 Å². The average Bonchev–Trinajstić information content (AvgIpc) is 2.59. The Balaban J connectivity index is 2.21. The number of aromatic nitrogens is 2. The van der Waals surface area contributed by atoms with Gasteiger partial charge in [0, 0.05) is 26.4 Å². The molecule has 9 heteroatoms. The Bertz CT molecular complexity index is 809. The maximum Gasteiger partial charge on any atom is 0.244 e. The number of hydrogen-bond acceptors (Lipinski definition) is 7. The monoisotopic (exact) mass is 352 g/mol. The van der Waals surface area contributed by atoms with E-state index in [4.69, 9.17) is 9.47 Å². The maximum atomic E-state index is 12.5. The van der Waals surface area contributed by atoms with Crippen LogP contribution in [-0.4, -0.2) is 46.7 Å². The van der Waals surface area contributed by atoms with Gasteiger partial charge in [0.05, 0.1) is 20.8 Å². The summed E-state index contributed by atoms with van der Waals surface area (Å²) in [6.45, 7) is -0.0286. The molecule has 1 aromatic carbocycles. The van der Waals surface area contributed by atoms with Gasteiger partial charge in [-0.3, -0.25) is 0 Å². The molecule has 0 radical (unpaired) electrons. The van der Waals surface area contributed by atoms with Crippen molar-refractivity contribution >= 4 is 15.8 Å². The minimum absolute atomic E-state index is 0.0227. The van der Waals surface area contributed by atoms with Gasteiger partial charge in [-0.2, -0.15) is 0 Å². The number of nitrogens with one attached hydrogen (secondary N) is 1. The SMILES string of the molecule is COc1ccc(S(=O)(=O)NCc2nccc(N(C)C)n2)c(OC)c1. The van der Waals surface area contributed by atoms with Crippen molar-refractivity contribution in [2.24, 2.45) is 0 Å². The first-order valence-electron chi connectivity index (χ1n) is 7.08. The Morgan fingerprint density at radius 2 is 1.92 bits per heavy atom. The maximum absolute atomic E-state index is 12.5. The van der Waals surface area contributed by atoms with Gasteiger partial charge in [0.1, 0.15) is 28.0 Å². The topological polar surface area (TPSA) is 93.7 Å². The third-order valence-electron chi connectivity index (χ3n) is 3.23. The lowest BCUT2D eigenvalue weighted by Gasteiger charge is -2.13. The number of hydrogen-bond donors (Lipinski definition) is 1. The van der Waals surface area contributed by atoms with E-state index in [2.05, 4.69) is 14.7 Å². The van der Waals surface area contributed by atoms with E-state index in [1.54, 1.807) is 18.3 Å². The second-order valence-electron chi connectivity index (χ2n) is 5.07. The predicted octanol–water partition coefficient (Wildman–Crippen LogP) is 1.04. The van der Waals surface area contributed by atoms with Crippen LogP contribution in [0.1, 0.15) is 5.82 Å². The van der Waals surface area contributed by atoms with Crippen molar-refractivity contribution in [2.75, 3.05) is 33.2 Å². The van der Waals surface area contributed by atoms with Crippen LogP contribution in [0.3, 0.4) is 0 Å². The van der Waals surface area contributed by atoms with Gasteiger partial charge in [-0.05, 0) is 18.2 Å². The van der Waals surface area contributed by atoms with Gasteiger partial charge in [0.15, 0.2) is 0 Å². The molecular formula is C15H20N4O4S. The Morgan fingerprint density at radius 1 is 1.17 bits per heavy atom. The van der Waals surface area contributed by atoms with Crippen LogP contribution in [0.5, 0.6) is 11.5 Å². The summed E-state index contributed by atoms with van der Waals surface area (Å²) >= 11 is 0. The highest BCUT2D eigenvalue weighted by molar-refractivity contribution is 7.89. The van der Waals surface area contributed by atoms with E-state index in [0.717, 1.165) is 0 Å². The lowest BCUT2D eigenvalue weighted by molar-refractivity contribution is 0.386. The molecule has 0 amide bonds. The molecule has 0 saturated carbocycles. The smallest absolute Gasteiger partial charge is 0.244 e. The van der Waals surface area contributed by atoms with Crippen molar-refractivity contribution in [3.8, 4) is 11.5 Å². The fraction of sp³-hybridized carbons (Fsp3) is 0.333. The number of benzene rings is 1. The highest BCUT2D eigenvalue weighted by Crippen LogP contribution is 2.28. The highest BCUT2D eigenvalue weighted by atomic mass is 32.2. The second kappa shape index (κ2) is 7.45. The van der Waals surface area contributed by atoms with Crippen molar-refractivity contribution < 1.29 is 17.9 Å². The van der Waals surface area contributed by atoms with Crippen LogP contribution < -0.4 is 19.1 Å². The van der Waals surface area contributed by atoms with Crippen molar-refractivity contribution in [3.05, 3.63) is 36.3 Å². The fourth-order valence-corrected chi connectivity index (χ4v) is 3.09. The average molecular weight is 352 g/mol. The molecule has 24 heavy (non-hydrogen) atoms. The van der Waals surface area contributed by atoms with E-state index in [1.807, 2.05) is 19.0 Å². The molecule has 0 unspecified atom stereocenters. The molecule has 8 nitrogen and oxygen atoms in total. The van der Waals surface area contributed by atoms with Crippen LogP contribution in [0.2, 0.25) is 0 Å². The molecule has 1 heterocycles. The summed E-state index contributed by atoms with van der Waals surface area (Å²) in [6, 6.07) is 6.24. The molecule has 1 aromatic heterocycles. The summed E-state index contributed by atoms with van der Waals surface area (Å²) in [6.07, 6.45) is 1.58. The van der Waals surface area contributed by atoms with Gasteiger partial charge in [-0.1, -0.05) is 0 Å².